The zero-order chi connectivity index (χ0) is 15.7. The third-order valence-corrected chi connectivity index (χ3v) is 3.82. The van der Waals surface area contributed by atoms with Crippen molar-refractivity contribution in [3.8, 4) is 17.2 Å². The number of ketones is 1. The summed E-state index contributed by atoms with van der Waals surface area (Å²) in [6.45, 7) is 0. The Bertz CT molecular complexity index is 775. The van der Waals surface area contributed by atoms with Crippen LogP contribution in [0.4, 0.5) is 0 Å². The van der Waals surface area contributed by atoms with Gasteiger partial charge in [0.15, 0.2) is 17.3 Å². The standard InChI is InChI=1S/C18H16O4/c1-21-16-8-3-5-11(18(16)22-2)9-12-10-14-13(17(12)20)6-4-7-15(14)19/h3-9,19H,10H2,1-2H3. The van der Waals surface area contributed by atoms with E-state index >= 15 is 0 Å². The molecule has 112 valence electrons. The normalized spacial score (nSPS) is 15.0. The first kappa shape index (κ1) is 14.2. The van der Waals surface area contributed by atoms with Crippen LogP contribution in [0.2, 0.25) is 0 Å². The van der Waals surface area contributed by atoms with E-state index in [4.69, 9.17) is 9.47 Å². The molecular formula is C18H16O4. The number of benzene rings is 2. The van der Waals surface area contributed by atoms with Gasteiger partial charge in [-0.15, -0.1) is 0 Å². The number of allylic oxidation sites excluding steroid dienone is 1. The first-order valence-corrected chi connectivity index (χ1v) is 6.92. The molecule has 0 saturated heterocycles. The maximum atomic E-state index is 12.5. The Balaban J connectivity index is 2.06. The molecule has 0 fully saturated rings. The minimum atomic E-state index is -0.0595. The lowest BCUT2D eigenvalue weighted by Crippen LogP contribution is -1.97. The molecule has 0 saturated carbocycles. The number of methoxy groups -OCH3 is 2. The molecule has 4 heteroatoms. The van der Waals surface area contributed by atoms with Crippen molar-refractivity contribution in [1.29, 1.82) is 0 Å². The minimum Gasteiger partial charge on any atom is -0.508 e. The van der Waals surface area contributed by atoms with Gasteiger partial charge in [-0.1, -0.05) is 24.3 Å². The predicted molar refractivity (Wildman–Crippen MR) is 83.7 cm³/mol. The van der Waals surface area contributed by atoms with Gasteiger partial charge in [0, 0.05) is 28.7 Å². The maximum Gasteiger partial charge on any atom is 0.189 e. The lowest BCUT2D eigenvalue weighted by Gasteiger charge is -2.10. The number of phenols is 1. The van der Waals surface area contributed by atoms with Gasteiger partial charge >= 0.3 is 0 Å². The zero-order valence-electron chi connectivity index (χ0n) is 12.4. The van der Waals surface area contributed by atoms with Crippen LogP contribution in [0.25, 0.3) is 6.08 Å². The van der Waals surface area contributed by atoms with Crippen LogP contribution in [0, 0.1) is 0 Å². The zero-order valence-corrected chi connectivity index (χ0v) is 12.4. The molecule has 0 atom stereocenters. The predicted octanol–water partition coefficient (Wildman–Crippen LogP) is 3.23. The van der Waals surface area contributed by atoms with Crippen molar-refractivity contribution in [2.45, 2.75) is 6.42 Å². The van der Waals surface area contributed by atoms with Gasteiger partial charge in [0.25, 0.3) is 0 Å². The molecule has 2 aromatic carbocycles. The first-order valence-electron chi connectivity index (χ1n) is 6.92. The molecule has 0 amide bonds. The summed E-state index contributed by atoms with van der Waals surface area (Å²) in [6.07, 6.45) is 2.21. The molecule has 0 unspecified atom stereocenters. The molecule has 0 spiro atoms. The Morgan fingerprint density at radius 2 is 1.86 bits per heavy atom. The molecule has 0 aliphatic heterocycles. The van der Waals surface area contributed by atoms with Crippen molar-refractivity contribution in [3.63, 3.8) is 0 Å². The van der Waals surface area contributed by atoms with Gasteiger partial charge in [-0.05, 0) is 18.2 Å². The second-order valence-electron chi connectivity index (χ2n) is 5.06. The molecule has 0 bridgehead atoms. The number of hydrogen-bond acceptors (Lipinski definition) is 4. The lowest BCUT2D eigenvalue weighted by atomic mass is 10.1. The molecule has 0 aromatic heterocycles. The molecule has 1 N–H and O–H groups in total. The summed E-state index contributed by atoms with van der Waals surface area (Å²) < 4.78 is 10.7. The largest absolute Gasteiger partial charge is 0.508 e. The summed E-state index contributed by atoms with van der Waals surface area (Å²) in [5.74, 6) is 1.30. The lowest BCUT2D eigenvalue weighted by molar-refractivity contribution is 0.104. The van der Waals surface area contributed by atoms with Gasteiger partial charge < -0.3 is 14.6 Å². The summed E-state index contributed by atoms with van der Waals surface area (Å²) in [5, 5.41) is 9.89. The van der Waals surface area contributed by atoms with E-state index in [0.717, 1.165) is 5.56 Å². The Hall–Kier alpha value is -2.75. The Morgan fingerprint density at radius 1 is 1.09 bits per heavy atom. The second kappa shape index (κ2) is 5.56. The number of fused-ring (bicyclic) bond motifs is 1. The summed E-state index contributed by atoms with van der Waals surface area (Å²) in [4.78, 5) is 12.5. The van der Waals surface area contributed by atoms with Crippen molar-refractivity contribution in [2.75, 3.05) is 14.2 Å². The number of para-hydroxylation sites is 1. The van der Waals surface area contributed by atoms with Gasteiger partial charge in [0.1, 0.15) is 5.75 Å². The van der Waals surface area contributed by atoms with E-state index < -0.39 is 0 Å². The molecule has 1 aliphatic rings. The van der Waals surface area contributed by atoms with Crippen LogP contribution >= 0.6 is 0 Å². The summed E-state index contributed by atoms with van der Waals surface area (Å²) in [7, 11) is 3.14. The molecule has 0 heterocycles. The van der Waals surface area contributed by atoms with Gasteiger partial charge in [-0.3, -0.25) is 4.79 Å². The van der Waals surface area contributed by atoms with Gasteiger partial charge in [0.2, 0.25) is 0 Å². The molecule has 4 nitrogen and oxygen atoms in total. The SMILES string of the molecule is COc1cccc(C=C2Cc3c(O)cccc3C2=O)c1OC. The third kappa shape index (κ3) is 2.22. The highest BCUT2D eigenvalue weighted by atomic mass is 16.5. The van der Waals surface area contributed by atoms with Crippen molar-refractivity contribution >= 4 is 11.9 Å². The van der Waals surface area contributed by atoms with Gasteiger partial charge in [-0.25, -0.2) is 0 Å². The summed E-state index contributed by atoms with van der Waals surface area (Å²) in [5.41, 5.74) is 2.65. The fraction of sp³-hybridized carbons (Fsp3) is 0.167. The number of Topliss-reactive ketones (excluding diaryl/α,β-unsaturated/α-hetero) is 1. The first-order chi connectivity index (χ1) is 10.7. The highest BCUT2D eigenvalue weighted by molar-refractivity contribution is 6.16. The fourth-order valence-electron chi connectivity index (χ4n) is 2.75. The quantitative estimate of drug-likeness (QED) is 0.884. The molecule has 2 aromatic rings. The number of ether oxygens (including phenoxy) is 2. The third-order valence-electron chi connectivity index (χ3n) is 3.82. The van der Waals surface area contributed by atoms with E-state index in [9.17, 15) is 9.90 Å². The minimum absolute atomic E-state index is 0.0595. The smallest absolute Gasteiger partial charge is 0.189 e. The van der Waals surface area contributed by atoms with Gasteiger partial charge in [0.05, 0.1) is 14.2 Å². The summed E-state index contributed by atoms with van der Waals surface area (Å²) in [6, 6.07) is 10.5. The van der Waals surface area contributed by atoms with Crippen LogP contribution in [0.3, 0.4) is 0 Å². The topological polar surface area (TPSA) is 55.8 Å². The van der Waals surface area contributed by atoms with E-state index in [2.05, 4.69) is 0 Å². The van der Waals surface area contributed by atoms with Crippen LogP contribution in [-0.2, 0) is 6.42 Å². The van der Waals surface area contributed by atoms with E-state index in [1.807, 2.05) is 12.1 Å². The van der Waals surface area contributed by atoms with Crippen LogP contribution in [0.15, 0.2) is 42.0 Å². The molecule has 1 aliphatic carbocycles. The van der Waals surface area contributed by atoms with E-state index in [1.54, 1.807) is 44.6 Å². The highest BCUT2D eigenvalue weighted by Gasteiger charge is 2.27. The van der Waals surface area contributed by atoms with Crippen molar-refractivity contribution in [2.24, 2.45) is 0 Å². The number of hydrogen-bond donors (Lipinski definition) is 1. The second-order valence-corrected chi connectivity index (χ2v) is 5.06. The van der Waals surface area contributed by atoms with E-state index in [0.29, 0.717) is 34.6 Å². The molecular weight excluding hydrogens is 280 g/mol. The van der Waals surface area contributed by atoms with E-state index in [1.165, 1.54) is 0 Å². The maximum absolute atomic E-state index is 12.5. The average molecular weight is 296 g/mol. The molecule has 22 heavy (non-hydrogen) atoms. The van der Waals surface area contributed by atoms with Crippen molar-refractivity contribution < 1.29 is 19.4 Å². The van der Waals surface area contributed by atoms with Gasteiger partial charge in [-0.2, -0.15) is 0 Å². The van der Waals surface area contributed by atoms with Crippen LogP contribution in [0.5, 0.6) is 17.2 Å². The Morgan fingerprint density at radius 3 is 2.55 bits per heavy atom. The van der Waals surface area contributed by atoms with Crippen LogP contribution in [0.1, 0.15) is 21.5 Å². The number of carbonyl (C=O) groups is 1. The molecule has 3 rings (SSSR count). The Kier molecular flexibility index (Phi) is 3.59. The van der Waals surface area contributed by atoms with E-state index in [-0.39, 0.29) is 11.5 Å². The number of rotatable bonds is 3. The Labute approximate surface area is 128 Å². The molecule has 0 radical (unpaired) electrons. The average Bonchev–Trinajstić information content (AvgIpc) is 2.85. The fourth-order valence-corrected chi connectivity index (χ4v) is 2.75. The number of phenolic OH excluding ortho intramolecular Hbond substituents is 1. The van der Waals surface area contributed by atoms with Crippen LogP contribution < -0.4 is 9.47 Å². The highest BCUT2D eigenvalue weighted by Crippen LogP contribution is 2.36. The monoisotopic (exact) mass is 296 g/mol. The number of carbonyl (C=O) groups excluding carboxylic acids is 1. The van der Waals surface area contributed by atoms with Crippen molar-refractivity contribution in [3.05, 3.63) is 58.7 Å². The van der Waals surface area contributed by atoms with Crippen LogP contribution in [-0.4, -0.2) is 25.1 Å². The summed E-state index contributed by atoms with van der Waals surface area (Å²) >= 11 is 0. The number of aromatic hydroxyl groups is 1. The van der Waals surface area contributed by atoms with Crippen molar-refractivity contribution in [1.82, 2.24) is 0 Å².